The molecule has 0 radical (unpaired) electrons. The van der Waals surface area contributed by atoms with E-state index >= 15 is 0 Å². The van der Waals surface area contributed by atoms with Crippen LogP contribution < -0.4 is 5.32 Å². The fourth-order valence-corrected chi connectivity index (χ4v) is 4.44. The summed E-state index contributed by atoms with van der Waals surface area (Å²) in [5, 5.41) is 14.9. The van der Waals surface area contributed by atoms with Crippen LogP contribution in [-0.4, -0.2) is 38.7 Å². The molecule has 2 aromatic heterocycles. The van der Waals surface area contributed by atoms with Crippen LogP contribution in [0.25, 0.3) is 5.00 Å². The average molecular weight is 383 g/mol. The molecule has 27 heavy (non-hydrogen) atoms. The van der Waals surface area contributed by atoms with Crippen molar-refractivity contribution in [3.63, 3.8) is 0 Å². The summed E-state index contributed by atoms with van der Waals surface area (Å²) in [5.41, 5.74) is 2.75. The molecular weight excluding hydrogens is 366 g/mol. The number of rotatable bonds is 5. The smallest absolute Gasteiger partial charge is 0.338 e. The Hall–Kier alpha value is -3.07. The SMILES string of the molecule is CCOC(=O)c1ccc(NC(=O)c2c(-n3cnnn3)sc3c2CCC3)cc1. The largest absolute Gasteiger partial charge is 0.462 e. The Labute approximate surface area is 159 Å². The van der Waals surface area contributed by atoms with Crippen LogP contribution in [0.2, 0.25) is 0 Å². The predicted octanol–water partition coefficient (Wildman–Crippen LogP) is 2.64. The minimum Gasteiger partial charge on any atom is -0.462 e. The maximum atomic E-state index is 13.0. The number of thiophene rings is 1. The lowest BCUT2D eigenvalue weighted by atomic mass is 10.1. The molecule has 8 nitrogen and oxygen atoms in total. The van der Waals surface area contributed by atoms with Crippen molar-refractivity contribution in [2.24, 2.45) is 0 Å². The first-order chi connectivity index (χ1) is 13.2. The molecule has 0 atom stereocenters. The fraction of sp³-hybridized carbons (Fsp3) is 0.278. The van der Waals surface area contributed by atoms with Crippen molar-refractivity contribution in [1.82, 2.24) is 20.2 Å². The van der Waals surface area contributed by atoms with Crippen LogP contribution >= 0.6 is 11.3 Å². The topological polar surface area (TPSA) is 99.0 Å². The molecule has 0 aliphatic heterocycles. The number of aryl methyl sites for hydroxylation is 1. The molecule has 138 valence electrons. The summed E-state index contributed by atoms with van der Waals surface area (Å²) in [5.74, 6) is -0.587. The van der Waals surface area contributed by atoms with Crippen LogP contribution in [0.4, 0.5) is 5.69 Å². The molecule has 0 saturated heterocycles. The summed E-state index contributed by atoms with van der Waals surface area (Å²) in [7, 11) is 0. The van der Waals surface area contributed by atoms with Gasteiger partial charge in [0.25, 0.3) is 5.91 Å². The number of ether oxygens (including phenoxy) is 1. The standard InChI is InChI=1S/C18H17N5O3S/c1-2-26-18(25)11-6-8-12(9-7-11)20-16(24)15-13-4-3-5-14(13)27-17(15)23-10-19-21-22-23/h6-10H,2-5H2,1H3,(H,20,24). The van der Waals surface area contributed by atoms with Crippen LogP contribution in [0.15, 0.2) is 30.6 Å². The van der Waals surface area contributed by atoms with Crippen LogP contribution in [0.5, 0.6) is 0 Å². The molecule has 0 fully saturated rings. The van der Waals surface area contributed by atoms with E-state index in [0.717, 1.165) is 29.8 Å². The number of hydrogen-bond donors (Lipinski definition) is 1. The van der Waals surface area contributed by atoms with Gasteiger partial charge in [0.05, 0.1) is 17.7 Å². The Bertz CT molecular complexity index is 979. The normalized spacial score (nSPS) is 12.6. The minimum atomic E-state index is -0.382. The highest BCUT2D eigenvalue weighted by Crippen LogP contribution is 2.37. The number of amides is 1. The molecule has 0 bridgehead atoms. The highest BCUT2D eigenvalue weighted by Gasteiger charge is 2.28. The number of nitrogens with one attached hydrogen (secondary N) is 1. The number of tetrazole rings is 1. The second kappa shape index (κ2) is 7.28. The molecule has 1 amide bonds. The number of anilines is 1. The van der Waals surface area contributed by atoms with E-state index in [0.29, 0.717) is 23.4 Å². The first kappa shape index (κ1) is 17.3. The van der Waals surface area contributed by atoms with E-state index in [-0.39, 0.29) is 11.9 Å². The zero-order chi connectivity index (χ0) is 18.8. The van der Waals surface area contributed by atoms with Crippen LogP contribution in [0, 0.1) is 0 Å². The van der Waals surface area contributed by atoms with Crippen molar-refractivity contribution in [3.05, 3.63) is 52.2 Å². The Balaban J connectivity index is 1.60. The molecule has 3 aromatic rings. The molecule has 4 rings (SSSR count). The number of benzene rings is 1. The van der Waals surface area contributed by atoms with Gasteiger partial charge in [0.2, 0.25) is 0 Å². The lowest BCUT2D eigenvalue weighted by Gasteiger charge is -2.09. The zero-order valence-electron chi connectivity index (χ0n) is 14.6. The third-order valence-electron chi connectivity index (χ3n) is 4.34. The molecule has 1 aromatic carbocycles. The molecule has 0 saturated carbocycles. The third-order valence-corrected chi connectivity index (χ3v) is 5.62. The van der Waals surface area contributed by atoms with Crippen molar-refractivity contribution in [2.75, 3.05) is 11.9 Å². The van der Waals surface area contributed by atoms with Gasteiger partial charge in [-0.25, -0.2) is 4.79 Å². The monoisotopic (exact) mass is 383 g/mol. The van der Waals surface area contributed by atoms with Crippen molar-refractivity contribution >= 4 is 28.9 Å². The van der Waals surface area contributed by atoms with Gasteiger partial charge in [0, 0.05) is 10.6 Å². The summed E-state index contributed by atoms with van der Waals surface area (Å²) in [6, 6.07) is 6.64. The summed E-state index contributed by atoms with van der Waals surface area (Å²) < 4.78 is 6.50. The van der Waals surface area contributed by atoms with Crippen LogP contribution in [0.3, 0.4) is 0 Å². The number of esters is 1. The molecule has 0 unspecified atom stereocenters. The molecule has 9 heteroatoms. The Morgan fingerprint density at radius 2 is 2.07 bits per heavy atom. The Morgan fingerprint density at radius 1 is 1.26 bits per heavy atom. The minimum absolute atomic E-state index is 0.205. The van der Waals surface area contributed by atoms with Crippen molar-refractivity contribution in [3.8, 4) is 5.00 Å². The molecule has 0 spiro atoms. The number of hydrogen-bond acceptors (Lipinski definition) is 7. The summed E-state index contributed by atoms with van der Waals surface area (Å²) in [6.07, 6.45) is 4.38. The van der Waals surface area contributed by atoms with Gasteiger partial charge >= 0.3 is 5.97 Å². The summed E-state index contributed by atoms with van der Waals surface area (Å²) in [6.45, 7) is 2.08. The van der Waals surface area contributed by atoms with Gasteiger partial charge in [-0.05, 0) is 66.4 Å². The van der Waals surface area contributed by atoms with Gasteiger partial charge < -0.3 is 10.1 Å². The van der Waals surface area contributed by atoms with Gasteiger partial charge in [-0.1, -0.05) is 0 Å². The average Bonchev–Trinajstić information content (AvgIpc) is 3.38. The summed E-state index contributed by atoms with van der Waals surface area (Å²) in [4.78, 5) is 25.9. The highest BCUT2D eigenvalue weighted by atomic mass is 32.1. The fourth-order valence-electron chi connectivity index (χ4n) is 3.14. The van der Waals surface area contributed by atoms with Crippen LogP contribution in [0.1, 0.15) is 44.5 Å². The lowest BCUT2D eigenvalue weighted by Crippen LogP contribution is -2.15. The van der Waals surface area contributed by atoms with Crippen molar-refractivity contribution in [2.45, 2.75) is 26.2 Å². The number of carbonyl (C=O) groups excluding carboxylic acids is 2. The van der Waals surface area contributed by atoms with E-state index in [1.807, 2.05) is 0 Å². The van der Waals surface area contributed by atoms with E-state index in [1.165, 1.54) is 15.9 Å². The Kier molecular flexibility index (Phi) is 4.68. The van der Waals surface area contributed by atoms with E-state index in [1.54, 1.807) is 42.5 Å². The van der Waals surface area contributed by atoms with Gasteiger partial charge in [0.1, 0.15) is 11.3 Å². The molecular formula is C18H17N5O3S. The Morgan fingerprint density at radius 3 is 2.78 bits per heavy atom. The van der Waals surface area contributed by atoms with E-state index in [2.05, 4.69) is 20.8 Å². The van der Waals surface area contributed by atoms with E-state index in [9.17, 15) is 9.59 Å². The first-order valence-corrected chi connectivity index (χ1v) is 9.45. The van der Waals surface area contributed by atoms with E-state index < -0.39 is 0 Å². The van der Waals surface area contributed by atoms with Gasteiger partial charge in [0.15, 0.2) is 0 Å². The zero-order valence-corrected chi connectivity index (χ0v) is 15.5. The predicted molar refractivity (Wildman–Crippen MR) is 99.4 cm³/mol. The van der Waals surface area contributed by atoms with Crippen LogP contribution in [-0.2, 0) is 17.6 Å². The van der Waals surface area contributed by atoms with Crippen molar-refractivity contribution in [1.29, 1.82) is 0 Å². The number of carbonyl (C=O) groups is 2. The number of nitrogens with zero attached hydrogens (tertiary/aromatic N) is 4. The quantitative estimate of drug-likeness (QED) is 0.680. The maximum absolute atomic E-state index is 13.0. The summed E-state index contributed by atoms with van der Waals surface area (Å²) >= 11 is 1.56. The molecule has 2 heterocycles. The van der Waals surface area contributed by atoms with Crippen molar-refractivity contribution < 1.29 is 14.3 Å². The number of fused-ring (bicyclic) bond motifs is 1. The molecule has 1 N–H and O–H groups in total. The number of aromatic nitrogens is 4. The van der Waals surface area contributed by atoms with Gasteiger partial charge in [-0.15, -0.1) is 16.4 Å². The molecule has 1 aliphatic carbocycles. The van der Waals surface area contributed by atoms with Gasteiger partial charge in [-0.2, -0.15) is 4.68 Å². The maximum Gasteiger partial charge on any atom is 0.338 e. The second-order valence-electron chi connectivity index (χ2n) is 6.04. The highest BCUT2D eigenvalue weighted by molar-refractivity contribution is 7.15. The van der Waals surface area contributed by atoms with E-state index in [4.69, 9.17) is 4.74 Å². The first-order valence-electron chi connectivity index (χ1n) is 8.63. The lowest BCUT2D eigenvalue weighted by molar-refractivity contribution is 0.0526. The second-order valence-corrected chi connectivity index (χ2v) is 7.13. The molecule has 1 aliphatic rings. The third kappa shape index (κ3) is 3.33. The van der Waals surface area contributed by atoms with Gasteiger partial charge in [-0.3, -0.25) is 4.79 Å².